The number of carbonyl (C=O) groups is 2. The molecule has 1 aliphatic rings. The van der Waals surface area contributed by atoms with Crippen LogP contribution in [0.3, 0.4) is 0 Å². The number of aromatic nitrogens is 1. The van der Waals surface area contributed by atoms with Gasteiger partial charge >= 0.3 is 12.1 Å². The van der Waals surface area contributed by atoms with Crippen molar-refractivity contribution in [3.05, 3.63) is 65.3 Å². The molecule has 4 rings (SSSR count). The lowest BCUT2D eigenvalue weighted by molar-refractivity contribution is 0.109. The molecule has 3 amide bonds. The number of carbonyl (C=O) groups excluding carboxylic acids is 2. The molecule has 1 heterocycles. The maximum atomic E-state index is 13.6. The summed E-state index contributed by atoms with van der Waals surface area (Å²) in [5.74, 6) is 0.271. The van der Waals surface area contributed by atoms with Crippen molar-refractivity contribution in [3.63, 3.8) is 0 Å². The Morgan fingerprint density at radius 2 is 1.84 bits per heavy atom. The van der Waals surface area contributed by atoms with Crippen LogP contribution in [0, 0.1) is 0 Å². The Hall–Kier alpha value is -3.32. The molecule has 0 bridgehead atoms. The third-order valence-corrected chi connectivity index (χ3v) is 9.70. The van der Waals surface area contributed by atoms with Crippen molar-refractivity contribution in [2.75, 3.05) is 11.9 Å². The normalized spacial score (nSPS) is 17.7. The molecule has 0 aliphatic heterocycles. The fourth-order valence-electron chi connectivity index (χ4n) is 4.75. The zero-order chi connectivity index (χ0) is 31.0. The highest BCUT2D eigenvalue weighted by Crippen LogP contribution is 2.39. The van der Waals surface area contributed by atoms with Gasteiger partial charge in [-0.1, -0.05) is 36.4 Å². The fourth-order valence-corrected chi connectivity index (χ4v) is 7.23. The van der Waals surface area contributed by atoms with Crippen LogP contribution in [-0.4, -0.2) is 50.7 Å². The molecule has 0 radical (unpaired) electrons. The van der Waals surface area contributed by atoms with Gasteiger partial charge in [-0.2, -0.15) is 0 Å². The van der Waals surface area contributed by atoms with Gasteiger partial charge in [-0.3, -0.25) is 0 Å². The van der Waals surface area contributed by atoms with E-state index in [9.17, 15) is 18.9 Å². The molecule has 3 aromatic rings. The maximum Gasteiger partial charge on any atom is 0.407 e. The second-order valence-corrected chi connectivity index (χ2v) is 13.9. The number of nitrogens with one attached hydrogen (secondary N) is 4. The first kappa shape index (κ1) is 32.6. The number of thiazole rings is 1. The van der Waals surface area contributed by atoms with Crippen LogP contribution in [0.2, 0.25) is 0 Å². The SMILES string of the molecule is CC(C)OC(=O)NC1CCC(c2ncc(-c3ccc(NC(=O)NCc4ccccc4)cc3S(=O)NC(C)(C)CO)s2)CC1. The average molecular weight is 628 g/mol. The maximum absolute atomic E-state index is 13.6. The molecule has 1 aromatic heterocycles. The molecule has 1 atom stereocenters. The summed E-state index contributed by atoms with van der Waals surface area (Å²) in [6, 6.07) is 14.6. The molecule has 43 heavy (non-hydrogen) atoms. The van der Waals surface area contributed by atoms with Gasteiger partial charge in [-0.25, -0.2) is 23.5 Å². The molecule has 1 aliphatic carbocycles. The van der Waals surface area contributed by atoms with E-state index in [0.29, 0.717) is 17.1 Å². The molecule has 0 saturated heterocycles. The smallest absolute Gasteiger partial charge is 0.407 e. The van der Waals surface area contributed by atoms with Crippen molar-refractivity contribution in [2.45, 2.75) is 88.4 Å². The lowest BCUT2D eigenvalue weighted by Gasteiger charge is -2.28. The van der Waals surface area contributed by atoms with E-state index in [-0.39, 0.29) is 36.8 Å². The first-order chi connectivity index (χ1) is 20.5. The molecule has 1 saturated carbocycles. The first-order valence-electron chi connectivity index (χ1n) is 14.5. The minimum absolute atomic E-state index is 0.0850. The average Bonchev–Trinajstić information content (AvgIpc) is 3.46. The quantitative estimate of drug-likeness (QED) is 0.185. The molecule has 10 nitrogen and oxygen atoms in total. The molecule has 2 aromatic carbocycles. The van der Waals surface area contributed by atoms with Crippen LogP contribution in [0.25, 0.3) is 10.4 Å². The highest BCUT2D eigenvalue weighted by atomic mass is 32.2. The van der Waals surface area contributed by atoms with E-state index in [4.69, 9.17) is 9.72 Å². The summed E-state index contributed by atoms with van der Waals surface area (Å²) < 4.78 is 21.8. The van der Waals surface area contributed by atoms with E-state index in [2.05, 4.69) is 20.7 Å². The largest absolute Gasteiger partial charge is 0.447 e. The lowest BCUT2D eigenvalue weighted by Crippen LogP contribution is -2.43. The number of urea groups is 1. The van der Waals surface area contributed by atoms with Gasteiger partial charge in [0, 0.05) is 41.5 Å². The molecular weight excluding hydrogens is 587 g/mol. The molecule has 12 heteroatoms. The Morgan fingerprint density at radius 3 is 2.51 bits per heavy atom. The standard InChI is InChI=1S/C31H41N5O5S2/c1-20(2)41-30(39)35-23-12-10-22(11-13-23)28-32-18-26(42-28)25-15-14-24(16-27(25)43(40)36-31(3,4)19-37)34-29(38)33-17-21-8-6-5-7-9-21/h5-9,14-16,18,20,22-23,36-37H,10-13,17,19H2,1-4H3,(H,35,39)(H2,33,34,38). The van der Waals surface area contributed by atoms with Crippen LogP contribution in [-0.2, 0) is 22.3 Å². The van der Waals surface area contributed by atoms with E-state index in [0.717, 1.165) is 46.7 Å². The highest BCUT2D eigenvalue weighted by molar-refractivity contribution is 7.83. The van der Waals surface area contributed by atoms with Crippen LogP contribution in [0.1, 0.15) is 69.9 Å². The second kappa shape index (κ2) is 14.9. The zero-order valence-corrected chi connectivity index (χ0v) is 26.6. The second-order valence-electron chi connectivity index (χ2n) is 11.6. The fraction of sp³-hybridized carbons (Fsp3) is 0.452. The van der Waals surface area contributed by atoms with E-state index in [1.807, 2.05) is 50.2 Å². The van der Waals surface area contributed by atoms with E-state index < -0.39 is 16.5 Å². The summed E-state index contributed by atoms with van der Waals surface area (Å²) in [5, 5.41) is 19.4. The number of aliphatic hydroxyl groups is 1. The predicted octanol–water partition coefficient (Wildman–Crippen LogP) is 5.68. The molecule has 232 valence electrons. The first-order valence-corrected chi connectivity index (χ1v) is 16.5. The summed E-state index contributed by atoms with van der Waals surface area (Å²) in [4.78, 5) is 30.7. The summed E-state index contributed by atoms with van der Waals surface area (Å²) in [5.41, 5.74) is 1.42. The van der Waals surface area contributed by atoms with Gasteiger partial charge in [0.1, 0.15) is 11.0 Å². The summed E-state index contributed by atoms with van der Waals surface area (Å²) in [6.45, 7) is 7.36. The number of alkyl carbamates (subject to hydrolysis) is 1. The van der Waals surface area contributed by atoms with Gasteiger partial charge in [0.05, 0.1) is 27.5 Å². The number of benzene rings is 2. The van der Waals surface area contributed by atoms with Crippen LogP contribution in [0.4, 0.5) is 15.3 Å². The molecule has 0 spiro atoms. The van der Waals surface area contributed by atoms with Gasteiger partial charge in [-0.05, 0) is 71.1 Å². The number of aliphatic hydroxyl groups excluding tert-OH is 1. The zero-order valence-electron chi connectivity index (χ0n) is 25.0. The van der Waals surface area contributed by atoms with Crippen LogP contribution in [0.5, 0.6) is 0 Å². The van der Waals surface area contributed by atoms with Crippen molar-refractivity contribution >= 4 is 40.1 Å². The number of anilines is 1. The Bertz CT molecular complexity index is 1400. The predicted molar refractivity (Wildman–Crippen MR) is 170 cm³/mol. The van der Waals surface area contributed by atoms with Gasteiger partial charge in [-0.15, -0.1) is 11.3 Å². The Labute approximate surface area is 259 Å². The molecule has 1 unspecified atom stereocenters. The Kier molecular flexibility index (Phi) is 11.3. The molecular formula is C31H41N5O5S2. The molecule has 1 fully saturated rings. The van der Waals surface area contributed by atoms with E-state index in [1.54, 1.807) is 43.5 Å². The highest BCUT2D eigenvalue weighted by Gasteiger charge is 2.27. The monoisotopic (exact) mass is 627 g/mol. The minimum atomic E-state index is -1.69. The van der Waals surface area contributed by atoms with Gasteiger partial charge in [0.15, 0.2) is 0 Å². The third-order valence-electron chi connectivity index (χ3n) is 7.03. The topological polar surface area (TPSA) is 142 Å². The van der Waals surface area contributed by atoms with Crippen molar-refractivity contribution in [1.29, 1.82) is 0 Å². The van der Waals surface area contributed by atoms with Gasteiger partial charge in [0.25, 0.3) is 0 Å². The minimum Gasteiger partial charge on any atom is -0.447 e. The Balaban J connectivity index is 1.47. The van der Waals surface area contributed by atoms with Crippen molar-refractivity contribution in [3.8, 4) is 10.4 Å². The molecule has 5 N–H and O–H groups in total. The summed E-state index contributed by atoms with van der Waals surface area (Å²) in [6.07, 6.45) is 4.74. The summed E-state index contributed by atoms with van der Waals surface area (Å²) in [7, 11) is -1.69. The van der Waals surface area contributed by atoms with Crippen LogP contribution in [0.15, 0.2) is 59.6 Å². The Morgan fingerprint density at radius 1 is 1.12 bits per heavy atom. The van der Waals surface area contributed by atoms with Gasteiger partial charge in [0.2, 0.25) is 0 Å². The number of amides is 3. The number of hydrogen-bond donors (Lipinski definition) is 5. The van der Waals surface area contributed by atoms with E-state index >= 15 is 0 Å². The van der Waals surface area contributed by atoms with Crippen LogP contribution >= 0.6 is 11.3 Å². The number of nitrogens with zero attached hydrogens (tertiary/aromatic N) is 1. The number of rotatable bonds is 11. The van der Waals surface area contributed by atoms with E-state index in [1.165, 1.54) is 0 Å². The van der Waals surface area contributed by atoms with Crippen molar-refractivity contribution in [1.82, 2.24) is 20.3 Å². The van der Waals surface area contributed by atoms with Crippen LogP contribution < -0.4 is 20.7 Å². The van der Waals surface area contributed by atoms with Gasteiger partial charge < -0.3 is 25.8 Å². The third kappa shape index (κ3) is 9.59. The lowest BCUT2D eigenvalue weighted by atomic mass is 9.86. The number of ether oxygens (including phenoxy) is 1. The van der Waals surface area contributed by atoms with Crippen molar-refractivity contribution in [2.24, 2.45) is 0 Å². The van der Waals surface area contributed by atoms with Crippen molar-refractivity contribution < 1.29 is 23.6 Å². The summed E-state index contributed by atoms with van der Waals surface area (Å²) >= 11 is 1.56. The number of hydrogen-bond acceptors (Lipinski definition) is 7.